The second kappa shape index (κ2) is 13.3. The van der Waals surface area contributed by atoms with Crippen molar-refractivity contribution in [2.45, 2.75) is 44.4 Å². The number of carbonyl (C=O) groups is 1. The van der Waals surface area contributed by atoms with Gasteiger partial charge in [-0.1, -0.05) is 36.4 Å². The summed E-state index contributed by atoms with van der Waals surface area (Å²) < 4.78 is 108. The molecule has 1 N–H and O–H groups in total. The lowest BCUT2D eigenvalue weighted by atomic mass is 9.77. The fourth-order valence-corrected chi connectivity index (χ4v) is 4.66. The summed E-state index contributed by atoms with van der Waals surface area (Å²) in [5, 5.41) is 12.0. The molecule has 0 fully saturated rings. The Morgan fingerprint density at radius 2 is 1.58 bits per heavy atom. The molecule has 0 heterocycles. The summed E-state index contributed by atoms with van der Waals surface area (Å²) in [6.45, 7) is 3.26. The highest BCUT2D eigenvalue weighted by molar-refractivity contribution is 5.95. The molecule has 12 heteroatoms. The highest BCUT2D eigenvalue weighted by atomic mass is 19.3. The zero-order chi connectivity index (χ0) is 32.9. The van der Waals surface area contributed by atoms with Gasteiger partial charge in [0, 0.05) is 18.1 Å². The molecule has 5 nitrogen and oxygen atoms in total. The van der Waals surface area contributed by atoms with Gasteiger partial charge in [-0.2, -0.15) is 22.8 Å². The van der Waals surface area contributed by atoms with E-state index in [2.05, 4.69) is 10.1 Å². The van der Waals surface area contributed by atoms with Crippen molar-refractivity contribution in [1.29, 1.82) is 5.26 Å². The number of alkyl halides is 4. The van der Waals surface area contributed by atoms with Crippen molar-refractivity contribution in [1.82, 2.24) is 5.32 Å². The maximum atomic E-state index is 15.1. The minimum absolute atomic E-state index is 0.0662. The number of hydrogen-bond donors (Lipinski definition) is 1. The molecule has 0 saturated heterocycles. The van der Waals surface area contributed by atoms with E-state index in [1.165, 1.54) is 12.1 Å². The van der Waals surface area contributed by atoms with Gasteiger partial charge in [-0.25, -0.2) is 13.2 Å². The van der Waals surface area contributed by atoms with Gasteiger partial charge < -0.3 is 14.8 Å². The molecule has 0 aliphatic heterocycles. The van der Waals surface area contributed by atoms with Crippen LogP contribution >= 0.6 is 0 Å². The Morgan fingerprint density at radius 3 is 2.22 bits per heavy atom. The quantitative estimate of drug-likeness (QED) is 0.171. The molecule has 0 radical (unpaired) electrons. The second-order valence-electron chi connectivity index (χ2n) is 10.3. The number of benzene rings is 4. The lowest BCUT2D eigenvalue weighted by Gasteiger charge is -2.37. The number of nitrogens with zero attached hydrogens (tertiary/aromatic N) is 1. The third-order valence-electron chi connectivity index (χ3n) is 6.65. The average Bonchev–Trinajstić information content (AvgIpc) is 2.97. The molecule has 0 bridgehead atoms. The van der Waals surface area contributed by atoms with E-state index in [1.807, 2.05) is 0 Å². The predicted octanol–water partition coefficient (Wildman–Crippen LogP) is 7.92. The Morgan fingerprint density at radius 1 is 0.889 bits per heavy atom. The second-order valence-corrected chi connectivity index (χ2v) is 10.3. The molecule has 234 valence electrons. The van der Waals surface area contributed by atoms with Crippen molar-refractivity contribution >= 4 is 5.91 Å². The van der Waals surface area contributed by atoms with Crippen LogP contribution in [0.4, 0.5) is 30.7 Å². The van der Waals surface area contributed by atoms with Gasteiger partial charge in [-0.05, 0) is 73.0 Å². The Bertz CT molecular complexity index is 1730. The topological polar surface area (TPSA) is 71.3 Å². The summed E-state index contributed by atoms with van der Waals surface area (Å²) in [6.07, 6.45) is -9.99. The highest BCUT2D eigenvalue weighted by Gasteiger charge is 2.45. The number of nitriles is 1. The number of hydrogen-bond acceptors (Lipinski definition) is 4. The molecule has 0 aliphatic carbocycles. The van der Waals surface area contributed by atoms with Crippen molar-refractivity contribution in [3.63, 3.8) is 0 Å². The minimum Gasteiger partial charge on any atom is -0.488 e. The molecule has 4 aromatic rings. The van der Waals surface area contributed by atoms with Crippen molar-refractivity contribution in [2.75, 3.05) is 0 Å². The molecular weight excluding hydrogens is 605 g/mol. The molecule has 1 atom stereocenters. The number of carbonyl (C=O) groups excluding carboxylic acids is 1. The van der Waals surface area contributed by atoms with Crippen LogP contribution in [0, 0.1) is 28.8 Å². The molecule has 0 spiro atoms. The third-order valence-corrected chi connectivity index (χ3v) is 6.65. The summed E-state index contributed by atoms with van der Waals surface area (Å²) in [6, 6.07) is 18.5. The molecule has 1 amide bonds. The Balaban J connectivity index is 2.02. The van der Waals surface area contributed by atoms with Crippen LogP contribution < -0.4 is 14.8 Å². The van der Waals surface area contributed by atoms with Crippen LogP contribution in [0.25, 0.3) is 0 Å². The monoisotopic (exact) mass is 630 g/mol. The van der Waals surface area contributed by atoms with Crippen LogP contribution in [0.2, 0.25) is 0 Å². The lowest BCUT2D eigenvalue weighted by Crippen LogP contribution is -2.49. The van der Waals surface area contributed by atoms with E-state index in [4.69, 9.17) is 4.74 Å². The summed E-state index contributed by atoms with van der Waals surface area (Å²) >= 11 is 0. The highest BCUT2D eigenvalue weighted by Crippen LogP contribution is 2.39. The Labute approximate surface area is 253 Å². The number of amides is 1. The molecular formula is C33H25F7N2O3. The smallest absolute Gasteiger partial charge is 0.461 e. The van der Waals surface area contributed by atoms with E-state index in [9.17, 15) is 36.4 Å². The van der Waals surface area contributed by atoms with Crippen LogP contribution in [-0.4, -0.2) is 24.5 Å². The molecule has 4 rings (SSSR count). The SMILES string of the molecule is CC(C)Oc1cc([C@@](Cc2ccccc2)(NC(=O)c2ccc(F)c(C#N)c2)c2cc(F)cc(OC(F)(F)C(F)F)c2)ccc1F. The maximum Gasteiger partial charge on any atom is 0.461 e. The van der Waals surface area contributed by atoms with E-state index in [-0.39, 0.29) is 28.9 Å². The Kier molecular flexibility index (Phi) is 9.71. The first-order valence-electron chi connectivity index (χ1n) is 13.4. The summed E-state index contributed by atoms with van der Waals surface area (Å²) in [4.78, 5) is 13.8. The summed E-state index contributed by atoms with van der Waals surface area (Å²) in [5.41, 5.74) is -2.30. The summed E-state index contributed by atoms with van der Waals surface area (Å²) in [7, 11) is 0. The first-order chi connectivity index (χ1) is 21.2. The normalized spacial score (nSPS) is 12.8. The van der Waals surface area contributed by atoms with Gasteiger partial charge in [0.25, 0.3) is 5.91 Å². The number of nitrogens with one attached hydrogen (secondary N) is 1. The van der Waals surface area contributed by atoms with Crippen molar-refractivity contribution < 1.29 is 45.0 Å². The van der Waals surface area contributed by atoms with E-state index >= 15 is 4.39 Å². The molecule has 0 saturated carbocycles. The summed E-state index contributed by atoms with van der Waals surface area (Å²) in [5.74, 6) is -5.05. The van der Waals surface area contributed by atoms with Gasteiger partial charge in [0.15, 0.2) is 11.6 Å². The van der Waals surface area contributed by atoms with E-state index in [0.717, 1.165) is 36.4 Å². The van der Waals surface area contributed by atoms with Crippen LogP contribution in [-0.2, 0) is 12.0 Å². The fraction of sp³-hybridized carbons (Fsp3) is 0.212. The van der Waals surface area contributed by atoms with Gasteiger partial charge in [-0.3, -0.25) is 4.79 Å². The fourth-order valence-electron chi connectivity index (χ4n) is 4.66. The zero-order valence-electron chi connectivity index (χ0n) is 23.8. The largest absolute Gasteiger partial charge is 0.488 e. The lowest BCUT2D eigenvalue weighted by molar-refractivity contribution is -0.253. The first-order valence-corrected chi connectivity index (χ1v) is 13.4. The average molecular weight is 631 g/mol. The number of rotatable bonds is 11. The van der Waals surface area contributed by atoms with E-state index in [0.29, 0.717) is 11.6 Å². The zero-order valence-corrected chi connectivity index (χ0v) is 23.8. The Hall–Kier alpha value is -5.05. The van der Waals surface area contributed by atoms with Crippen molar-refractivity contribution in [2.24, 2.45) is 0 Å². The molecule has 0 aromatic heterocycles. The standard InChI is InChI=1S/C33H25F7N2O3/c1-19(2)44-29-15-23(9-11-28(29)36)32(17-20-6-4-3-5-7-20,42-30(43)21-8-10-27(35)22(12-21)18-41)24-13-25(34)16-26(14-24)45-33(39,40)31(37)38/h3-16,19,31H,17H2,1-2H3,(H,42,43)/t32-/m1/s1. The van der Waals surface area contributed by atoms with Crippen molar-refractivity contribution in [3.8, 4) is 17.6 Å². The molecule has 0 unspecified atom stereocenters. The molecule has 4 aromatic carbocycles. The van der Waals surface area contributed by atoms with Crippen LogP contribution in [0.5, 0.6) is 11.5 Å². The predicted molar refractivity (Wildman–Crippen MR) is 150 cm³/mol. The minimum atomic E-state index is -4.99. The molecule has 0 aliphatic rings. The van der Waals surface area contributed by atoms with Crippen LogP contribution in [0.3, 0.4) is 0 Å². The first kappa shape index (κ1) is 32.9. The van der Waals surface area contributed by atoms with Gasteiger partial charge in [0.1, 0.15) is 23.5 Å². The maximum absolute atomic E-state index is 15.1. The van der Waals surface area contributed by atoms with Gasteiger partial charge in [-0.15, -0.1) is 0 Å². The number of halogens is 7. The number of ether oxygens (including phenoxy) is 2. The van der Waals surface area contributed by atoms with Crippen LogP contribution in [0.1, 0.15) is 46.5 Å². The van der Waals surface area contributed by atoms with Crippen LogP contribution in [0.15, 0.2) is 84.9 Å². The third kappa shape index (κ3) is 7.55. The van der Waals surface area contributed by atoms with E-state index in [1.54, 1.807) is 50.2 Å². The van der Waals surface area contributed by atoms with E-state index < -0.39 is 58.8 Å². The van der Waals surface area contributed by atoms with Gasteiger partial charge >= 0.3 is 12.5 Å². The van der Waals surface area contributed by atoms with Gasteiger partial charge in [0.2, 0.25) is 0 Å². The van der Waals surface area contributed by atoms with Crippen molar-refractivity contribution in [3.05, 3.63) is 130 Å². The van der Waals surface area contributed by atoms with Gasteiger partial charge in [0.05, 0.1) is 17.2 Å². The molecule has 45 heavy (non-hydrogen) atoms.